The zero-order valence-electron chi connectivity index (χ0n) is 11.1. The van der Waals surface area contributed by atoms with Crippen LogP contribution in [-0.4, -0.2) is 12.1 Å². The van der Waals surface area contributed by atoms with E-state index < -0.39 is 0 Å². The largest absolute Gasteiger partial charge is 0.458 e. The SMILES string of the molecule is C/C=C(\C)C(=O)O[C@H]1[C@H](C=C(C)C)C1(C)C. The van der Waals surface area contributed by atoms with Crippen molar-refractivity contribution in [2.24, 2.45) is 11.3 Å². The van der Waals surface area contributed by atoms with Gasteiger partial charge in [-0.05, 0) is 27.7 Å². The molecule has 0 unspecified atom stereocenters. The molecule has 0 heterocycles. The molecule has 0 aromatic carbocycles. The van der Waals surface area contributed by atoms with E-state index in [4.69, 9.17) is 4.74 Å². The summed E-state index contributed by atoms with van der Waals surface area (Å²) in [7, 11) is 0. The highest BCUT2D eigenvalue weighted by Gasteiger charge is 2.59. The molecular formula is C14H22O2. The summed E-state index contributed by atoms with van der Waals surface area (Å²) >= 11 is 0. The molecule has 2 heteroatoms. The lowest BCUT2D eigenvalue weighted by Crippen LogP contribution is -2.11. The van der Waals surface area contributed by atoms with Crippen molar-refractivity contribution < 1.29 is 9.53 Å². The number of hydrogen-bond donors (Lipinski definition) is 0. The van der Waals surface area contributed by atoms with Gasteiger partial charge in [-0.1, -0.05) is 31.6 Å². The first-order valence-corrected chi connectivity index (χ1v) is 5.79. The quantitative estimate of drug-likeness (QED) is 0.415. The standard InChI is InChI=1S/C14H22O2/c1-7-10(4)13(15)16-12-11(8-9(2)3)14(12,5)6/h7-8,11-12H,1-6H3/b10-7+/t11-,12-/m0/s1. The predicted molar refractivity (Wildman–Crippen MR) is 66.0 cm³/mol. The lowest BCUT2D eigenvalue weighted by molar-refractivity contribution is -0.141. The Hall–Kier alpha value is -1.05. The van der Waals surface area contributed by atoms with E-state index in [1.54, 1.807) is 13.0 Å². The van der Waals surface area contributed by atoms with Crippen molar-refractivity contribution in [2.45, 2.75) is 47.6 Å². The molecule has 1 aliphatic rings. The maximum absolute atomic E-state index is 11.6. The topological polar surface area (TPSA) is 26.3 Å². The number of rotatable bonds is 3. The molecule has 1 saturated carbocycles. The van der Waals surface area contributed by atoms with Crippen LogP contribution in [-0.2, 0) is 9.53 Å². The van der Waals surface area contributed by atoms with Gasteiger partial charge in [0.1, 0.15) is 6.10 Å². The lowest BCUT2D eigenvalue weighted by atomic mass is 10.1. The van der Waals surface area contributed by atoms with Crippen LogP contribution in [0.3, 0.4) is 0 Å². The van der Waals surface area contributed by atoms with Crippen LogP contribution in [0.25, 0.3) is 0 Å². The Kier molecular flexibility index (Phi) is 3.61. The molecule has 16 heavy (non-hydrogen) atoms. The van der Waals surface area contributed by atoms with Gasteiger partial charge in [-0.25, -0.2) is 4.79 Å². The molecule has 1 rings (SSSR count). The van der Waals surface area contributed by atoms with Crippen LogP contribution in [0.4, 0.5) is 0 Å². The van der Waals surface area contributed by atoms with Crippen LogP contribution < -0.4 is 0 Å². The summed E-state index contributed by atoms with van der Waals surface area (Å²) in [5.74, 6) is 0.177. The third-order valence-corrected chi connectivity index (χ3v) is 3.31. The maximum Gasteiger partial charge on any atom is 0.333 e. The molecule has 0 aromatic heterocycles. The molecule has 1 aliphatic carbocycles. The fourth-order valence-electron chi connectivity index (χ4n) is 1.84. The second-order valence-electron chi connectivity index (χ2n) is 5.39. The summed E-state index contributed by atoms with van der Waals surface area (Å²) in [6.07, 6.45) is 4.01. The fraction of sp³-hybridized carbons (Fsp3) is 0.643. The van der Waals surface area contributed by atoms with Crippen molar-refractivity contribution >= 4 is 5.97 Å². The molecule has 0 spiro atoms. The van der Waals surface area contributed by atoms with Crippen molar-refractivity contribution in [3.8, 4) is 0 Å². The first-order chi connectivity index (χ1) is 7.30. The van der Waals surface area contributed by atoms with Gasteiger partial charge in [0, 0.05) is 16.9 Å². The molecule has 90 valence electrons. The predicted octanol–water partition coefficient (Wildman–Crippen LogP) is 3.49. The maximum atomic E-state index is 11.6. The second-order valence-corrected chi connectivity index (χ2v) is 5.39. The van der Waals surface area contributed by atoms with E-state index in [1.807, 2.05) is 6.92 Å². The van der Waals surface area contributed by atoms with Crippen LogP contribution in [0.1, 0.15) is 41.5 Å². The van der Waals surface area contributed by atoms with Gasteiger partial charge in [-0.3, -0.25) is 0 Å². The van der Waals surface area contributed by atoms with Crippen molar-refractivity contribution in [1.82, 2.24) is 0 Å². The zero-order valence-corrected chi connectivity index (χ0v) is 11.1. The van der Waals surface area contributed by atoms with E-state index in [1.165, 1.54) is 5.57 Å². The summed E-state index contributed by atoms with van der Waals surface area (Å²) in [6.45, 7) is 12.1. The summed E-state index contributed by atoms with van der Waals surface area (Å²) in [4.78, 5) is 11.6. The van der Waals surface area contributed by atoms with Crippen molar-refractivity contribution in [3.05, 3.63) is 23.3 Å². The third kappa shape index (κ3) is 2.55. The van der Waals surface area contributed by atoms with E-state index in [0.717, 1.165) is 0 Å². The number of carbonyl (C=O) groups is 1. The summed E-state index contributed by atoms with van der Waals surface area (Å²) in [5, 5.41) is 0. The van der Waals surface area contributed by atoms with Gasteiger partial charge in [0.05, 0.1) is 0 Å². The van der Waals surface area contributed by atoms with Gasteiger partial charge >= 0.3 is 5.97 Å². The Morgan fingerprint density at radius 1 is 1.25 bits per heavy atom. The van der Waals surface area contributed by atoms with Crippen molar-refractivity contribution in [2.75, 3.05) is 0 Å². The first-order valence-electron chi connectivity index (χ1n) is 5.79. The summed E-state index contributed by atoms with van der Waals surface area (Å²) < 4.78 is 5.49. The van der Waals surface area contributed by atoms with Crippen molar-refractivity contribution in [1.29, 1.82) is 0 Å². The minimum atomic E-state index is -0.190. The highest BCUT2D eigenvalue weighted by molar-refractivity contribution is 5.88. The minimum Gasteiger partial charge on any atom is -0.458 e. The van der Waals surface area contributed by atoms with Gasteiger partial charge in [0.2, 0.25) is 0 Å². The molecule has 0 aromatic rings. The Balaban J connectivity index is 2.65. The van der Waals surface area contributed by atoms with E-state index in [2.05, 4.69) is 33.8 Å². The Morgan fingerprint density at radius 3 is 2.25 bits per heavy atom. The van der Waals surface area contributed by atoms with E-state index >= 15 is 0 Å². The summed E-state index contributed by atoms with van der Waals surface area (Å²) in [5.41, 5.74) is 2.04. The Labute approximate surface area is 98.4 Å². The van der Waals surface area contributed by atoms with Crippen molar-refractivity contribution in [3.63, 3.8) is 0 Å². The van der Waals surface area contributed by atoms with Gasteiger partial charge in [-0.2, -0.15) is 0 Å². The fourth-order valence-corrected chi connectivity index (χ4v) is 1.84. The number of carbonyl (C=O) groups excluding carboxylic acids is 1. The van der Waals surface area contributed by atoms with E-state index in [0.29, 0.717) is 11.5 Å². The number of esters is 1. The molecule has 0 saturated heterocycles. The van der Waals surface area contributed by atoms with E-state index in [9.17, 15) is 4.79 Å². The molecule has 0 aliphatic heterocycles. The molecule has 0 amide bonds. The molecule has 2 nitrogen and oxygen atoms in total. The number of ether oxygens (including phenoxy) is 1. The van der Waals surface area contributed by atoms with Crippen LogP contribution in [0, 0.1) is 11.3 Å². The van der Waals surface area contributed by atoms with Gasteiger partial charge in [-0.15, -0.1) is 0 Å². The number of allylic oxidation sites excluding steroid dienone is 2. The third-order valence-electron chi connectivity index (χ3n) is 3.31. The second kappa shape index (κ2) is 4.44. The van der Waals surface area contributed by atoms with Crippen LogP contribution in [0.2, 0.25) is 0 Å². The lowest BCUT2D eigenvalue weighted by Gasteiger charge is -2.05. The molecule has 2 atom stereocenters. The molecule has 0 radical (unpaired) electrons. The van der Waals surface area contributed by atoms with Crippen LogP contribution >= 0.6 is 0 Å². The van der Waals surface area contributed by atoms with Crippen LogP contribution in [0.5, 0.6) is 0 Å². The first kappa shape index (κ1) is 13.0. The monoisotopic (exact) mass is 222 g/mol. The molecule has 1 fully saturated rings. The average Bonchev–Trinajstić information content (AvgIpc) is 2.67. The normalized spacial score (nSPS) is 27.2. The van der Waals surface area contributed by atoms with Gasteiger partial charge in [0.15, 0.2) is 0 Å². The van der Waals surface area contributed by atoms with Gasteiger partial charge in [0.25, 0.3) is 0 Å². The van der Waals surface area contributed by atoms with Crippen LogP contribution in [0.15, 0.2) is 23.3 Å². The smallest absolute Gasteiger partial charge is 0.333 e. The highest BCUT2D eigenvalue weighted by Crippen LogP contribution is 2.55. The Bertz CT molecular complexity index is 344. The summed E-state index contributed by atoms with van der Waals surface area (Å²) in [6, 6.07) is 0. The molecule has 0 N–H and O–H groups in total. The molecular weight excluding hydrogens is 200 g/mol. The number of hydrogen-bond acceptors (Lipinski definition) is 2. The molecule has 0 bridgehead atoms. The highest BCUT2D eigenvalue weighted by atomic mass is 16.6. The van der Waals surface area contributed by atoms with E-state index in [-0.39, 0.29) is 17.5 Å². The minimum absolute atomic E-state index is 0.0322. The zero-order chi connectivity index (χ0) is 12.5. The Morgan fingerprint density at radius 2 is 1.81 bits per heavy atom. The average molecular weight is 222 g/mol. The van der Waals surface area contributed by atoms with Gasteiger partial charge < -0.3 is 4.74 Å².